The number of nitrogens with one attached hydrogen (secondary N) is 1. The van der Waals surface area contributed by atoms with Crippen LogP contribution >= 0.6 is 0 Å². The molecule has 3 N–H and O–H groups in total. The molecule has 0 radical (unpaired) electrons. The van der Waals surface area contributed by atoms with Crippen molar-refractivity contribution in [2.75, 3.05) is 11.9 Å². The molecule has 2 aromatic rings. The third kappa shape index (κ3) is 2.28. The van der Waals surface area contributed by atoms with Gasteiger partial charge in [-0.15, -0.1) is 0 Å². The first kappa shape index (κ1) is 10.8. The van der Waals surface area contributed by atoms with E-state index in [1.165, 1.54) is 0 Å². The Hall–Kier alpha value is -1.68. The maximum Gasteiger partial charge on any atom is 0.0950 e. The smallest absolute Gasteiger partial charge is 0.0950 e. The lowest BCUT2D eigenvalue weighted by Gasteiger charge is -2.12. The van der Waals surface area contributed by atoms with Crippen LogP contribution in [0.1, 0.15) is 13.3 Å². The molecule has 84 valence electrons. The van der Waals surface area contributed by atoms with E-state index in [2.05, 4.69) is 22.4 Å². The summed E-state index contributed by atoms with van der Waals surface area (Å²) in [6.45, 7) is 2.83. The van der Waals surface area contributed by atoms with Crippen LogP contribution in [0.25, 0.3) is 10.9 Å². The first-order valence-corrected chi connectivity index (χ1v) is 5.51. The summed E-state index contributed by atoms with van der Waals surface area (Å²) in [5.41, 5.74) is 7.76. The number of rotatable bonds is 4. The maximum absolute atomic E-state index is 5.87. The molecule has 0 spiro atoms. The van der Waals surface area contributed by atoms with Crippen LogP contribution in [0.4, 0.5) is 5.69 Å². The Balaban J connectivity index is 2.23. The molecule has 0 saturated heterocycles. The van der Waals surface area contributed by atoms with Crippen molar-refractivity contribution < 1.29 is 0 Å². The Morgan fingerprint density at radius 3 is 3.00 bits per heavy atom. The maximum atomic E-state index is 5.87. The molecular weight excluding hydrogens is 200 g/mol. The molecule has 0 bridgehead atoms. The van der Waals surface area contributed by atoms with Gasteiger partial charge in [0.25, 0.3) is 0 Å². The molecule has 4 heteroatoms. The molecule has 0 aliphatic heterocycles. The largest absolute Gasteiger partial charge is 0.382 e. The Morgan fingerprint density at radius 1 is 1.38 bits per heavy atom. The van der Waals surface area contributed by atoms with Gasteiger partial charge in [0.1, 0.15) is 0 Å². The number of nitrogens with two attached hydrogens (primary N) is 1. The van der Waals surface area contributed by atoms with Crippen molar-refractivity contribution in [2.45, 2.75) is 19.4 Å². The zero-order valence-electron chi connectivity index (χ0n) is 9.35. The van der Waals surface area contributed by atoms with Crippen molar-refractivity contribution in [3.8, 4) is 0 Å². The van der Waals surface area contributed by atoms with Crippen molar-refractivity contribution in [3.05, 3.63) is 30.5 Å². The van der Waals surface area contributed by atoms with Crippen LogP contribution in [0.15, 0.2) is 30.5 Å². The van der Waals surface area contributed by atoms with E-state index in [9.17, 15) is 0 Å². The fourth-order valence-corrected chi connectivity index (χ4v) is 1.53. The van der Waals surface area contributed by atoms with Gasteiger partial charge in [0.2, 0.25) is 0 Å². The predicted octanol–water partition coefficient (Wildman–Crippen LogP) is 1.78. The fraction of sp³-hybridized carbons (Fsp3) is 0.333. The monoisotopic (exact) mass is 216 g/mol. The summed E-state index contributed by atoms with van der Waals surface area (Å²) in [6, 6.07) is 8.11. The Morgan fingerprint density at radius 2 is 2.19 bits per heavy atom. The molecule has 1 heterocycles. The van der Waals surface area contributed by atoms with Crippen LogP contribution in [-0.4, -0.2) is 22.8 Å². The minimum Gasteiger partial charge on any atom is -0.382 e. The quantitative estimate of drug-likeness (QED) is 0.817. The van der Waals surface area contributed by atoms with E-state index >= 15 is 0 Å². The van der Waals surface area contributed by atoms with Crippen molar-refractivity contribution >= 4 is 16.6 Å². The van der Waals surface area contributed by atoms with Gasteiger partial charge in [0.15, 0.2) is 0 Å². The molecular formula is C12H16N4. The van der Waals surface area contributed by atoms with Crippen molar-refractivity contribution in [1.82, 2.24) is 10.2 Å². The van der Waals surface area contributed by atoms with Gasteiger partial charge in [0, 0.05) is 18.0 Å². The summed E-state index contributed by atoms with van der Waals surface area (Å²) in [4.78, 5) is 0. The van der Waals surface area contributed by atoms with Gasteiger partial charge in [0.05, 0.1) is 17.4 Å². The predicted molar refractivity (Wildman–Crippen MR) is 66.3 cm³/mol. The van der Waals surface area contributed by atoms with Gasteiger partial charge in [-0.3, -0.25) is 0 Å². The first-order valence-electron chi connectivity index (χ1n) is 5.51. The molecule has 1 aromatic heterocycles. The van der Waals surface area contributed by atoms with Crippen LogP contribution in [0.3, 0.4) is 0 Å². The second-order valence-corrected chi connectivity index (χ2v) is 3.82. The number of hydrogen-bond acceptors (Lipinski definition) is 4. The minimum absolute atomic E-state index is 0.173. The van der Waals surface area contributed by atoms with Crippen LogP contribution < -0.4 is 11.1 Å². The van der Waals surface area contributed by atoms with E-state index in [0.717, 1.165) is 29.6 Å². The van der Waals surface area contributed by atoms with E-state index in [-0.39, 0.29) is 6.04 Å². The average molecular weight is 216 g/mol. The van der Waals surface area contributed by atoms with E-state index in [4.69, 9.17) is 5.73 Å². The summed E-state index contributed by atoms with van der Waals surface area (Å²) in [5, 5.41) is 12.4. The van der Waals surface area contributed by atoms with Crippen LogP contribution in [0, 0.1) is 0 Å². The highest BCUT2D eigenvalue weighted by atomic mass is 15.1. The van der Waals surface area contributed by atoms with E-state index in [1.807, 2.05) is 24.3 Å². The molecule has 1 aromatic carbocycles. The average Bonchev–Trinajstić information content (AvgIpc) is 2.35. The fourth-order valence-electron chi connectivity index (χ4n) is 1.53. The van der Waals surface area contributed by atoms with Gasteiger partial charge in [-0.2, -0.15) is 10.2 Å². The summed E-state index contributed by atoms with van der Waals surface area (Å²) in [6.07, 6.45) is 2.70. The SMILES string of the molecule is CCC(N)CNc1cnnc2ccccc12. The lowest BCUT2D eigenvalue weighted by Crippen LogP contribution is -2.28. The first-order chi connectivity index (χ1) is 7.81. The standard InChI is InChI=1S/C12H16N4/c1-2-9(13)7-14-12-8-15-16-11-6-4-3-5-10(11)12/h3-6,8-9H,2,7,13H2,1H3,(H,14,16). The third-order valence-corrected chi connectivity index (χ3v) is 2.63. The van der Waals surface area contributed by atoms with Gasteiger partial charge in [-0.05, 0) is 12.5 Å². The van der Waals surface area contributed by atoms with E-state index in [0.29, 0.717) is 0 Å². The molecule has 0 amide bonds. The van der Waals surface area contributed by atoms with E-state index in [1.54, 1.807) is 6.20 Å². The summed E-state index contributed by atoms with van der Waals surface area (Å²) in [5.74, 6) is 0. The molecule has 1 unspecified atom stereocenters. The highest BCUT2D eigenvalue weighted by Crippen LogP contribution is 2.19. The summed E-state index contributed by atoms with van der Waals surface area (Å²) in [7, 11) is 0. The zero-order valence-corrected chi connectivity index (χ0v) is 9.35. The van der Waals surface area contributed by atoms with Gasteiger partial charge in [-0.25, -0.2) is 0 Å². The summed E-state index contributed by atoms with van der Waals surface area (Å²) < 4.78 is 0. The van der Waals surface area contributed by atoms with Gasteiger partial charge in [-0.1, -0.05) is 25.1 Å². The van der Waals surface area contributed by atoms with E-state index < -0.39 is 0 Å². The lowest BCUT2D eigenvalue weighted by molar-refractivity contribution is 0.679. The number of hydrogen-bond donors (Lipinski definition) is 2. The van der Waals surface area contributed by atoms with Gasteiger partial charge >= 0.3 is 0 Å². The number of benzene rings is 1. The van der Waals surface area contributed by atoms with Crippen LogP contribution in [0.5, 0.6) is 0 Å². The molecule has 0 fully saturated rings. The van der Waals surface area contributed by atoms with Crippen molar-refractivity contribution in [2.24, 2.45) is 5.73 Å². The highest BCUT2D eigenvalue weighted by molar-refractivity contribution is 5.90. The lowest BCUT2D eigenvalue weighted by atomic mass is 10.2. The topological polar surface area (TPSA) is 63.8 Å². The normalized spacial score (nSPS) is 12.6. The second kappa shape index (κ2) is 4.90. The van der Waals surface area contributed by atoms with Crippen LogP contribution in [-0.2, 0) is 0 Å². The number of aromatic nitrogens is 2. The zero-order chi connectivity index (χ0) is 11.4. The van der Waals surface area contributed by atoms with Crippen molar-refractivity contribution in [1.29, 1.82) is 0 Å². The Bertz CT molecular complexity index is 464. The number of nitrogens with zero attached hydrogens (tertiary/aromatic N) is 2. The molecule has 2 rings (SSSR count). The highest BCUT2D eigenvalue weighted by Gasteiger charge is 2.03. The van der Waals surface area contributed by atoms with Crippen LogP contribution in [0.2, 0.25) is 0 Å². The molecule has 0 aliphatic rings. The summed E-state index contributed by atoms with van der Waals surface area (Å²) >= 11 is 0. The second-order valence-electron chi connectivity index (χ2n) is 3.82. The Labute approximate surface area is 94.9 Å². The van der Waals surface area contributed by atoms with Crippen molar-refractivity contribution in [3.63, 3.8) is 0 Å². The Kier molecular flexibility index (Phi) is 3.31. The molecule has 0 aliphatic carbocycles. The number of fused-ring (bicyclic) bond motifs is 1. The number of anilines is 1. The van der Waals surface area contributed by atoms with Gasteiger partial charge < -0.3 is 11.1 Å². The molecule has 4 nitrogen and oxygen atoms in total. The molecule has 1 atom stereocenters. The molecule has 16 heavy (non-hydrogen) atoms. The third-order valence-electron chi connectivity index (χ3n) is 2.63. The molecule has 0 saturated carbocycles. The minimum atomic E-state index is 0.173.